The zero-order chi connectivity index (χ0) is 17.4. The topological polar surface area (TPSA) is 59.6 Å². The molecule has 0 radical (unpaired) electrons. The van der Waals surface area contributed by atoms with Crippen LogP contribution in [0.4, 0.5) is 8.78 Å². The van der Waals surface area contributed by atoms with E-state index < -0.39 is 6.61 Å². The first-order valence-corrected chi connectivity index (χ1v) is 8.03. The average molecular weight is 379 g/mol. The molecule has 1 saturated heterocycles. The van der Waals surface area contributed by atoms with E-state index in [0.29, 0.717) is 13.2 Å². The molecule has 1 aliphatic heterocycles. The van der Waals surface area contributed by atoms with Crippen molar-refractivity contribution in [3.8, 4) is 5.75 Å². The van der Waals surface area contributed by atoms with Crippen molar-refractivity contribution in [2.24, 2.45) is 5.41 Å². The molecule has 2 N–H and O–H groups in total. The summed E-state index contributed by atoms with van der Waals surface area (Å²) in [6.07, 6.45) is 2.12. The lowest BCUT2D eigenvalue weighted by Gasteiger charge is -2.37. The molecule has 1 aromatic rings. The van der Waals surface area contributed by atoms with Crippen LogP contribution in [0.1, 0.15) is 18.4 Å². The molecule has 1 aromatic carbocycles. The first-order chi connectivity index (χ1) is 11.5. The van der Waals surface area contributed by atoms with Crippen LogP contribution in [-0.2, 0) is 16.0 Å². The van der Waals surface area contributed by atoms with Gasteiger partial charge in [0.25, 0.3) is 0 Å². The third kappa shape index (κ3) is 7.13. The van der Waals surface area contributed by atoms with E-state index in [1.165, 1.54) is 12.1 Å². The molecule has 25 heavy (non-hydrogen) atoms. The first-order valence-electron chi connectivity index (χ1n) is 8.03. The summed E-state index contributed by atoms with van der Waals surface area (Å²) in [4.78, 5) is 12.1. The van der Waals surface area contributed by atoms with Crippen LogP contribution in [0.15, 0.2) is 24.3 Å². The molecule has 142 valence electrons. The van der Waals surface area contributed by atoms with Crippen molar-refractivity contribution >= 4 is 18.3 Å². The fraction of sp³-hybridized carbons (Fsp3) is 0.588. The van der Waals surface area contributed by atoms with Crippen LogP contribution in [-0.4, -0.2) is 45.9 Å². The van der Waals surface area contributed by atoms with E-state index in [0.717, 1.165) is 31.5 Å². The van der Waals surface area contributed by atoms with Gasteiger partial charge >= 0.3 is 6.61 Å². The molecule has 0 spiro atoms. The van der Waals surface area contributed by atoms with E-state index in [4.69, 9.17) is 4.74 Å². The van der Waals surface area contributed by atoms with Crippen molar-refractivity contribution in [2.75, 3.05) is 33.4 Å². The van der Waals surface area contributed by atoms with Crippen molar-refractivity contribution in [1.82, 2.24) is 10.6 Å². The number of hydrogen-bond acceptors (Lipinski definition) is 4. The van der Waals surface area contributed by atoms with E-state index in [-0.39, 0.29) is 35.9 Å². The number of nitrogens with one attached hydrogen (secondary N) is 2. The Hall–Kier alpha value is -1.44. The first kappa shape index (κ1) is 21.6. The molecule has 1 heterocycles. The van der Waals surface area contributed by atoms with Crippen LogP contribution in [0.3, 0.4) is 0 Å². The summed E-state index contributed by atoms with van der Waals surface area (Å²) in [5.74, 6) is -0.00514. The number of piperidine rings is 1. The summed E-state index contributed by atoms with van der Waals surface area (Å²) < 4.78 is 33.8. The maximum atomic E-state index is 12.1. The fourth-order valence-corrected chi connectivity index (χ4v) is 2.96. The number of alkyl halides is 2. The van der Waals surface area contributed by atoms with Gasteiger partial charge in [0.15, 0.2) is 0 Å². The molecule has 0 saturated carbocycles. The number of rotatable bonds is 8. The molecular formula is C17H25ClF2N2O3. The number of methoxy groups -OCH3 is 1. The van der Waals surface area contributed by atoms with Gasteiger partial charge in [-0.3, -0.25) is 4.79 Å². The third-order valence-electron chi connectivity index (χ3n) is 4.29. The minimum Gasteiger partial charge on any atom is -0.435 e. The van der Waals surface area contributed by atoms with E-state index in [1.807, 2.05) is 0 Å². The van der Waals surface area contributed by atoms with Gasteiger partial charge in [0, 0.05) is 19.1 Å². The van der Waals surface area contributed by atoms with Crippen LogP contribution in [0.25, 0.3) is 0 Å². The summed E-state index contributed by atoms with van der Waals surface area (Å²) in [6, 6.07) is 6.11. The normalized spacial score (nSPS) is 16.2. The molecule has 8 heteroatoms. The summed E-state index contributed by atoms with van der Waals surface area (Å²) >= 11 is 0. The molecule has 0 bridgehead atoms. The molecule has 0 atom stereocenters. The van der Waals surface area contributed by atoms with E-state index in [2.05, 4.69) is 15.4 Å². The number of ether oxygens (including phenoxy) is 2. The largest absolute Gasteiger partial charge is 0.435 e. The second-order valence-electron chi connectivity index (χ2n) is 6.16. The summed E-state index contributed by atoms with van der Waals surface area (Å²) in [6.45, 7) is 0.194. The quantitative estimate of drug-likeness (QED) is 0.729. The Labute approximate surface area is 152 Å². The molecule has 5 nitrogen and oxygen atoms in total. The molecule has 1 aliphatic rings. The lowest BCUT2D eigenvalue weighted by Crippen LogP contribution is -2.47. The van der Waals surface area contributed by atoms with Crippen molar-refractivity contribution in [3.05, 3.63) is 29.8 Å². The minimum absolute atomic E-state index is 0. The Morgan fingerprint density at radius 2 is 1.92 bits per heavy atom. The Morgan fingerprint density at radius 3 is 2.48 bits per heavy atom. The standard InChI is InChI=1S/C17H24F2N2O3.ClH/c1-23-12-17(6-8-20-9-7-17)11-21-15(22)10-13-2-4-14(5-3-13)24-16(18)19;/h2-5,16,20H,6-12H2,1H3,(H,21,22);1H. The van der Waals surface area contributed by atoms with Gasteiger partial charge in [0.05, 0.1) is 13.0 Å². The molecule has 1 amide bonds. The third-order valence-corrected chi connectivity index (χ3v) is 4.29. The molecule has 1 fully saturated rings. The van der Waals surface area contributed by atoms with Crippen molar-refractivity contribution in [3.63, 3.8) is 0 Å². The second kappa shape index (κ2) is 10.5. The molecule has 0 unspecified atom stereocenters. The highest BCUT2D eigenvalue weighted by atomic mass is 35.5. The van der Waals surface area contributed by atoms with Gasteiger partial charge < -0.3 is 20.1 Å². The Bertz CT molecular complexity index is 518. The SMILES string of the molecule is COCC1(CNC(=O)Cc2ccc(OC(F)F)cc2)CCNCC1.Cl. The highest BCUT2D eigenvalue weighted by Crippen LogP contribution is 2.28. The lowest BCUT2D eigenvalue weighted by molar-refractivity contribution is -0.121. The number of carbonyl (C=O) groups excluding carboxylic acids is 1. The van der Waals surface area contributed by atoms with Crippen LogP contribution < -0.4 is 15.4 Å². The number of amides is 1. The van der Waals surface area contributed by atoms with E-state index >= 15 is 0 Å². The zero-order valence-electron chi connectivity index (χ0n) is 14.2. The molecule has 0 aromatic heterocycles. The second-order valence-corrected chi connectivity index (χ2v) is 6.16. The van der Waals surface area contributed by atoms with Crippen molar-refractivity contribution in [1.29, 1.82) is 0 Å². The Kier molecular flexibility index (Phi) is 9.10. The predicted octanol–water partition coefficient (Wildman–Crippen LogP) is 2.38. The van der Waals surface area contributed by atoms with Gasteiger partial charge in [-0.1, -0.05) is 12.1 Å². The number of benzene rings is 1. The summed E-state index contributed by atoms with van der Waals surface area (Å²) in [7, 11) is 1.68. The van der Waals surface area contributed by atoms with Crippen LogP contribution >= 0.6 is 12.4 Å². The van der Waals surface area contributed by atoms with Gasteiger partial charge in [-0.25, -0.2) is 0 Å². The highest BCUT2D eigenvalue weighted by Gasteiger charge is 2.32. The number of halogens is 3. The molecule has 0 aliphatic carbocycles. The predicted molar refractivity (Wildman–Crippen MR) is 93.4 cm³/mol. The van der Waals surface area contributed by atoms with Gasteiger partial charge in [-0.15, -0.1) is 12.4 Å². The Morgan fingerprint density at radius 1 is 1.28 bits per heavy atom. The smallest absolute Gasteiger partial charge is 0.387 e. The van der Waals surface area contributed by atoms with Crippen molar-refractivity contribution in [2.45, 2.75) is 25.9 Å². The van der Waals surface area contributed by atoms with E-state index in [1.54, 1.807) is 19.2 Å². The van der Waals surface area contributed by atoms with Gasteiger partial charge in [-0.05, 0) is 43.6 Å². The van der Waals surface area contributed by atoms with Crippen molar-refractivity contribution < 1.29 is 23.0 Å². The molecular weight excluding hydrogens is 354 g/mol. The maximum Gasteiger partial charge on any atom is 0.387 e. The zero-order valence-corrected chi connectivity index (χ0v) is 15.0. The van der Waals surface area contributed by atoms with Gasteiger partial charge in [0.1, 0.15) is 5.75 Å². The van der Waals surface area contributed by atoms with Gasteiger partial charge in [0.2, 0.25) is 5.91 Å². The van der Waals surface area contributed by atoms with Crippen LogP contribution in [0.5, 0.6) is 5.75 Å². The highest BCUT2D eigenvalue weighted by molar-refractivity contribution is 5.85. The fourth-order valence-electron chi connectivity index (χ4n) is 2.96. The molecule has 2 rings (SSSR count). The minimum atomic E-state index is -2.85. The van der Waals surface area contributed by atoms with E-state index in [9.17, 15) is 13.6 Å². The van der Waals surface area contributed by atoms with Gasteiger partial charge in [-0.2, -0.15) is 8.78 Å². The van der Waals surface area contributed by atoms with Crippen LogP contribution in [0, 0.1) is 5.41 Å². The summed E-state index contributed by atoms with van der Waals surface area (Å²) in [5, 5.41) is 6.29. The van der Waals surface area contributed by atoms with Crippen LogP contribution in [0.2, 0.25) is 0 Å². The number of hydrogen-bond donors (Lipinski definition) is 2. The average Bonchev–Trinajstić information content (AvgIpc) is 2.56. The maximum absolute atomic E-state index is 12.1. The monoisotopic (exact) mass is 378 g/mol. The Balaban J connectivity index is 0.00000312. The number of carbonyl (C=O) groups is 1. The lowest BCUT2D eigenvalue weighted by atomic mass is 9.79. The summed E-state index contributed by atoms with van der Waals surface area (Å²) in [5.41, 5.74) is 0.727.